The molecule has 1 nitrogen and oxygen atoms in total. The van der Waals surface area contributed by atoms with E-state index in [4.69, 9.17) is 11.6 Å². The second-order valence-corrected chi connectivity index (χ2v) is 4.01. The molecule has 2 heteroatoms. The molecule has 0 amide bonds. The largest absolute Gasteiger partial charge is 0.289 e. The van der Waals surface area contributed by atoms with Crippen LogP contribution in [0.3, 0.4) is 0 Å². The van der Waals surface area contributed by atoms with Crippen molar-refractivity contribution in [1.29, 1.82) is 0 Å². The van der Waals surface area contributed by atoms with Crippen LogP contribution in [0.1, 0.15) is 21.5 Å². The average Bonchev–Trinajstić information content (AvgIpc) is 2.33. The topological polar surface area (TPSA) is 17.1 Å². The van der Waals surface area contributed by atoms with Gasteiger partial charge >= 0.3 is 0 Å². The number of halogens is 1. The van der Waals surface area contributed by atoms with Crippen molar-refractivity contribution in [3.05, 3.63) is 70.2 Å². The smallest absolute Gasteiger partial charge is 0.193 e. The number of rotatable bonds is 2. The number of benzene rings is 2. The maximum Gasteiger partial charge on any atom is 0.193 e. The van der Waals surface area contributed by atoms with Gasteiger partial charge in [-0.1, -0.05) is 54.1 Å². The molecule has 0 N–H and O–H groups in total. The lowest BCUT2D eigenvalue weighted by atomic mass is 9.99. The van der Waals surface area contributed by atoms with Gasteiger partial charge in [-0.25, -0.2) is 0 Å². The lowest BCUT2D eigenvalue weighted by Gasteiger charge is -2.06. The van der Waals surface area contributed by atoms with Crippen molar-refractivity contribution in [3.63, 3.8) is 0 Å². The van der Waals surface area contributed by atoms with E-state index in [9.17, 15) is 4.79 Å². The molecule has 2 aromatic carbocycles. The first-order valence-electron chi connectivity index (χ1n) is 5.05. The minimum atomic E-state index is 0.0144. The fourth-order valence-corrected chi connectivity index (χ4v) is 1.77. The highest BCUT2D eigenvalue weighted by atomic mass is 35.5. The van der Waals surface area contributed by atoms with E-state index in [1.54, 1.807) is 18.2 Å². The summed E-state index contributed by atoms with van der Waals surface area (Å²) in [5.41, 5.74) is 2.18. The van der Waals surface area contributed by atoms with Gasteiger partial charge in [-0.05, 0) is 18.6 Å². The zero-order chi connectivity index (χ0) is 11.5. The number of hydrogen-bond donors (Lipinski definition) is 0. The van der Waals surface area contributed by atoms with Gasteiger partial charge in [0, 0.05) is 16.1 Å². The summed E-state index contributed by atoms with van der Waals surface area (Å²) in [6.45, 7) is 1.86. The van der Waals surface area contributed by atoms with Gasteiger partial charge in [-0.15, -0.1) is 0 Å². The van der Waals surface area contributed by atoms with Crippen molar-refractivity contribution in [1.82, 2.24) is 0 Å². The van der Waals surface area contributed by atoms with Gasteiger partial charge in [-0.2, -0.15) is 0 Å². The molecule has 0 aromatic heterocycles. The van der Waals surface area contributed by atoms with Crippen molar-refractivity contribution in [2.24, 2.45) is 0 Å². The minimum absolute atomic E-state index is 0.0144. The second-order valence-electron chi connectivity index (χ2n) is 3.61. The molecule has 0 unspecified atom stereocenters. The molecule has 16 heavy (non-hydrogen) atoms. The minimum Gasteiger partial charge on any atom is -0.289 e. The Morgan fingerprint density at radius 3 is 2.38 bits per heavy atom. The van der Waals surface area contributed by atoms with Crippen LogP contribution in [-0.2, 0) is 0 Å². The van der Waals surface area contributed by atoms with Crippen molar-refractivity contribution in [2.75, 3.05) is 0 Å². The Bertz CT molecular complexity index is 518. The molecule has 0 aliphatic rings. The Labute approximate surface area is 99.7 Å². The normalized spacial score (nSPS) is 10.1. The third kappa shape index (κ3) is 2.00. The van der Waals surface area contributed by atoms with Crippen LogP contribution in [0.15, 0.2) is 48.5 Å². The van der Waals surface area contributed by atoms with Crippen molar-refractivity contribution < 1.29 is 4.79 Å². The second kappa shape index (κ2) is 4.50. The highest BCUT2D eigenvalue weighted by Gasteiger charge is 2.12. The molecule has 0 saturated carbocycles. The first kappa shape index (κ1) is 10.9. The van der Waals surface area contributed by atoms with Crippen LogP contribution in [-0.4, -0.2) is 5.78 Å². The molecule has 0 aliphatic heterocycles. The predicted octanol–water partition coefficient (Wildman–Crippen LogP) is 3.88. The van der Waals surface area contributed by atoms with Gasteiger partial charge in [0.1, 0.15) is 0 Å². The summed E-state index contributed by atoms with van der Waals surface area (Å²) in [4.78, 5) is 12.2. The molecule has 0 radical (unpaired) electrons. The van der Waals surface area contributed by atoms with Crippen LogP contribution >= 0.6 is 11.6 Å². The van der Waals surface area contributed by atoms with E-state index in [1.807, 2.05) is 37.3 Å². The van der Waals surface area contributed by atoms with E-state index in [2.05, 4.69) is 0 Å². The van der Waals surface area contributed by atoms with Gasteiger partial charge < -0.3 is 0 Å². The third-order valence-electron chi connectivity index (χ3n) is 2.55. The highest BCUT2D eigenvalue weighted by Crippen LogP contribution is 2.21. The monoisotopic (exact) mass is 230 g/mol. The number of carbonyl (C=O) groups is 1. The molecule has 80 valence electrons. The number of hydrogen-bond acceptors (Lipinski definition) is 1. The van der Waals surface area contributed by atoms with E-state index in [0.717, 1.165) is 5.56 Å². The molecule has 2 rings (SSSR count). The van der Waals surface area contributed by atoms with Crippen LogP contribution in [0.2, 0.25) is 5.02 Å². The van der Waals surface area contributed by atoms with E-state index in [0.29, 0.717) is 16.1 Å². The van der Waals surface area contributed by atoms with Crippen molar-refractivity contribution in [3.8, 4) is 0 Å². The molecule has 2 aromatic rings. The Balaban J connectivity index is 2.46. The van der Waals surface area contributed by atoms with Crippen LogP contribution in [0.4, 0.5) is 0 Å². The van der Waals surface area contributed by atoms with E-state index in [1.165, 1.54) is 0 Å². The Kier molecular flexibility index (Phi) is 3.07. The van der Waals surface area contributed by atoms with Gasteiger partial charge in [-0.3, -0.25) is 4.79 Å². The van der Waals surface area contributed by atoms with Crippen LogP contribution in [0, 0.1) is 6.92 Å². The molecular weight excluding hydrogens is 220 g/mol. The standard InChI is InChI=1S/C14H11ClO/c1-10-12(8-5-9-13(10)15)14(16)11-6-3-2-4-7-11/h2-9H,1H3. The van der Waals surface area contributed by atoms with Crippen molar-refractivity contribution >= 4 is 17.4 Å². The summed E-state index contributed by atoms with van der Waals surface area (Å²) in [7, 11) is 0. The first-order valence-corrected chi connectivity index (χ1v) is 5.43. The Hall–Kier alpha value is -1.60. The lowest BCUT2D eigenvalue weighted by molar-refractivity contribution is 0.103. The van der Waals surface area contributed by atoms with Gasteiger partial charge in [0.2, 0.25) is 0 Å². The Morgan fingerprint density at radius 1 is 1.00 bits per heavy atom. The van der Waals surface area contributed by atoms with Gasteiger partial charge in [0.05, 0.1) is 0 Å². The summed E-state index contributed by atoms with van der Waals surface area (Å²) >= 11 is 5.99. The SMILES string of the molecule is Cc1c(Cl)cccc1C(=O)c1ccccc1. The fourth-order valence-electron chi connectivity index (χ4n) is 1.60. The number of ketones is 1. The van der Waals surface area contributed by atoms with E-state index >= 15 is 0 Å². The summed E-state index contributed by atoms with van der Waals surface area (Å²) in [5, 5.41) is 0.627. The zero-order valence-electron chi connectivity index (χ0n) is 8.91. The summed E-state index contributed by atoms with van der Waals surface area (Å²) in [5.74, 6) is 0.0144. The van der Waals surface area contributed by atoms with Crippen LogP contribution < -0.4 is 0 Å². The maximum atomic E-state index is 12.2. The molecule has 0 aliphatic carbocycles. The maximum absolute atomic E-state index is 12.2. The molecule has 0 saturated heterocycles. The molecular formula is C14H11ClO. The van der Waals surface area contributed by atoms with Gasteiger partial charge in [0.15, 0.2) is 5.78 Å². The molecule has 0 spiro atoms. The molecule has 0 atom stereocenters. The third-order valence-corrected chi connectivity index (χ3v) is 2.96. The molecule has 0 heterocycles. The van der Waals surface area contributed by atoms with E-state index in [-0.39, 0.29) is 5.78 Å². The Morgan fingerprint density at radius 2 is 1.69 bits per heavy atom. The van der Waals surface area contributed by atoms with Gasteiger partial charge in [0.25, 0.3) is 0 Å². The molecule has 0 fully saturated rings. The summed E-state index contributed by atoms with van der Waals surface area (Å²) in [6, 6.07) is 14.6. The zero-order valence-corrected chi connectivity index (χ0v) is 9.66. The van der Waals surface area contributed by atoms with E-state index < -0.39 is 0 Å². The van der Waals surface area contributed by atoms with Crippen LogP contribution in [0.5, 0.6) is 0 Å². The quantitative estimate of drug-likeness (QED) is 0.716. The predicted molar refractivity (Wildman–Crippen MR) is 66.1 cm³/mol. The van der Waals surface area contributed by atoms with Crippen LogP contribution in [0.25, 0.3) is 0 Å². The average molecular weight is 231 g/mol. The highest BCUT2D eigenvalue weighted by molar-refractivity contribution is 6.32. The first-order chi connectivity index (χ1) is 7.70. The number of carbonyl (C=O) groups excluding carboxylic acids is 1. The van der Waals surface area contributed by atoms with Crippen molar-refractivity contribution in [2.45, 2.75) is 6.92 Å². The summed E-state index contributed by atoms with van der Waals surface area (Å²) < 4.78 is 0. The lowest BCUT2D eigenvalue weighted by Crippen LogP contribution is -2.03. The molecule has 0 bridgehead atoms. The fraction of sp³-hybridized carbons (Fsp3) is 0.0714. The summed E-state index contributed by atoms with van der Waals surface area (Å²) in [6.07, 6.45) is 0.